The second kappa shape index (κ2) is 3.18. The van der Waals surface area contributed by atoms with Crippen LogP contribution in [0.1, 0.15) is 12.8 Å². The van der Waals surface area contributed by atoms with Gasteiger partial charge >= 0.3 is 0 Å². The Morgan fingerprint density at radius 1 is 1.47 bits per heavy atom. The number of aliphatic hydroxyl groups excluding tert-OH is 1. The molecule has 15 heavy (non-hydrogen) atoms. The molecular weight excluding hydrogens is 208 g/mol. The van der Waals surface area contributed by atoms with Gasteiger partial charge in [0.2, 0.25) is 0 Å². The molecular formula is C11H12N2OS. The zero-order valence-electron chi connectivity index (χ0n) is 8.23. The monoisotopic (exact) mass is 220 g/mol. The number of hydrogen-bond acceptors (Lipinski definition) is 4. The lowest BCUT2D eigenvalue weighted by Crippen LogP contribution is -2.26. The summed E-state index contributed by atoms with van der Waals surface area (Å²) >= 11 is 1.71. The van der Waals surface area contributed by atoms with Crippen molar-refractivity contribution in [3.8, 4) is 0 Å². The Bertz CT molecular complexity index is 490. The summed E-state index contributed by atoms with van der Waals surface area (Å²) < 4.78 is 1.24. The van der Waals surface area contributed by atoms with E-state index in [9.17, 15) is 5.11 Å². The van der Waals surface area contributed by atoms with Crippen LogP contribution in [0.5, 0.6) is 0 Å². The summed E-state index contributed by atoms with van der Waals surface area (Å²) in [4.78, 5) is 4.34. The van der Waals surface area contributed by atoms with E-state index in [1.54, 1.807) is 11.3 Å². The van der Waals surface area contributed by atoms with Crippen LogP contribution in [-0.2, 0) is 0 Å². The van der Waals surface area contributed by atoms with Gasteiger partial charge in [0.25, 0.3) is 0 Å². The number of fused-ring (bicyclic) bond motifs is 1. The molecule has 3 rings (SSSR count). The van der Waals surface area contributed by atoms with Crippen molar-refractivity contribution in [3.63, 3.8) is 0 Å². The average molecular weight is 220 g/mol. The van der Waals surface area contributed by atoms with Crippen LogP contribution in [-0.4, -0.2) is 22.2 Å². The predicted octanol–water partition coefficient (Wildman–Crippen LogP) is 2.23. The third kappa shape index (κ3) is 1.50. The Hall–Kier alpha value is -1.13. The van der Waals surface area contributed by atoms with Gasteiger partial charge in [-0.2, -0.15) is 0 Å². The third-order valence-electron chi connectivity index (χ3n) is 2.92. The number of hydrogen-bond donors (Lipinski definition) is 2. The minimum atomic E-state index is -0.0940. The fourth-order valence-corrected chi connectivity index (χ4v) is 2.50. The first-order valence-electron chi connectivity index (χ1n) is 5.04. The highest BCUT2D eigenvalue weighted by Gasteiger charge is 2.42. The Labute approximate surface area is 91.8 Å². The molecule has 0 unspecified atom stereocenters. The molecule has 2 aromatic heterocycles. The van der Waals surface area contributed by atoms with Gasteiger partial charge in [0.15, 0.2) is 0 Å². The molecule has 0 spiro atoms. The molecule has 0 atom stereocenters. The van der Waals surface area contributed by atoms with E-state index in [2.05, 4.69) is 21.7 Å². The van der Waals surface area contributed by atoms with Crippen molar-refractivity contribution in [2.75, 3.05) is 11.9 Å². The Morgan fingerprint density at radius 2 is 2.33 bits per heavy atom. The van der Waals surface area contributed by atoms with Gasteiger partial charge in [-0.05, 0) is 30.4 Å². The second-order valence-electron chi connectivity index (χ2n) is 4.06. The fourth-order valence-electron chi connectivity index (χ4n) is 1.72. The second-order valence-corrected chi connectivity index (χ2v) is 5.00. The molecule has 4 heteroatoms. The minimum absolute atomic E-state index is 0.0940. The van der Waals surface area contributed by atoms with Gasteiger partial charge < -0.3 is 10.4 Å². The number of nitrogens with one attached hydrogen (secondary N) is 1. The van der Waals surface area contributed by atoms with Crippen molar-refractivity contribution < 1.29 is 5.11 Å². The molecule has 0 aromatic carbocycles. The Balaban J connectivity index is 2.00. The summed E-state index contributed by atoms with van der Waals surface area (Å²) in [6.45, 7) is 0.190. The lowest BCUT2D eigenvalue weighted by molar-refractivity contribution is 0.266. The molecule has 0 bridgehead atoms. The average Bonchev–Trinajstić information content (AvgIpc) is 2.87. The SMILES string of the molecule is OCC1(Nc2nccc3sccc23)CC1. The third-order valence-corrected chi connectivity index (χ3v) is 3.80. The first-order chi connectivity index (χ1) is 7.33. The highest BCUT2D eigenvalue weighted by molar-refractivity contribution is 7.17. The van der Waals surface area contributed by atoms with E-state index in [0.717, 1.165) is 24.0 Å². The van der Waals surface area contributed by atoms with Gasteiger partial charge in [-0.1, -0.05) is 0 Å². The van der Waals surface area contributed by atoms with Crippen LogP contribution in [0.4, 0.5) is 5.82 Å². The van der Waals surface area contributed by atoms with Crippen molar-refractivity contribution in [3.05, 3.63) is 23.7 Å². The standard InChI is InChI=1S/C11H12N2OS/c14-7-11(3-4-11)13-10-8-2-6-15-9(8)1-5-12-10/h1-2,5-6,14H,3-4,7H2,(H,12,13). The van der Waals surface area contributed by atoms with Gasteiger partial charge in [-0.25, -0.2) is 4.98 Å². The van der Waals surface area contributed by atoms with Gasteiger partial charge in [0.1, 0.15) is 5.82 Å². The van der Waals surface area contributed by atoms with E-state index in [1.807, 2.05) is 12.3 Å². The fraction of sp³-hybridized carbons (Fsp3) is 0.364. The largest absolute Gasteiger partial charge is 0.394 e. The van der Waals surface area contributed by atoms with Crippen LogP contribution < -0.4 is 5.32 Å². The molecule has 3 nitrogen and oxygen atoms in total. The van der Waals surface area contributed by atoms with E-state index in [0.29, 0.717) is 0 Å². The summed E-state index contributed by atoms with van der Waals surface area (Å²) in [6, 6.07) is 4.09. The first-order valence-corrected chi connectivity index (χ1v) is 5.92. The summed E-state index contributed by atoms with van der Waals surface area (Å²) in [5, 5.41) is 15.8. The molecule has 0 saturated heterocycles. The number of anilines is 1. The predicted molar refractivity (Wildman–Crippen MR) is 62.3 cm³/mol. The maximum atomic E-state index is 9.25. The molecule has 1 aliphatic carbocycles. The maximum absolute atomic E-state index is 9.25. The van der Waals surface area contributed by atoms with Crippen LogP contribution in [0.3, 0.4) is 0 Å². The number of pyridine rings is 1. The smallest absolute Gasteiger partial charge is 0.135 e. The topological polar surface area (TPSA) is 45.1 Å². The summed E-state index contributed by atoms with van der Waals surface area (Å²) in [7, 11) is 0. The molecule has 2 N–H and O–H groups in total. The highest BCUT2D eigenvalue weighted by atomic mass is 32.1. The van der Waals surface area contributed by atoms with Crippen molar-refractivity contribution in [1.82, 2.24) is 4.98 Å². The van der Waals surface area contributed by atoms with Crippen LogP contribution in [0, 0.1) is 0 Å². The van der Waals surface area contributed by atoms with Crippen molar-refractivity contribution in [1.29, 1.82) is 0 Å². The molecule has 0 radical (unpaired) electrons. The summed E-state index contributed by atoms with van der Waals surface area (Å²) in [6.07, 6.45) is 3.88. The van der Waals surface area contributed by atoms with Crippen molar-refractivity contribution >= 4 is 27.2 Å². The van der Waals surface area contributed by atoms with Gasteiger partial charge in [-0.15, -0.1) is 11.3 Å². The Morgan fingerprint density at radius 3 is 3.07 bits per heavy atom. The molecule has 0 aliphatic heterocycles. The number of nitrogens with zero attached hydrogens (tertiary/aromatic N) is 1. The number of rotatable bonds is 3. The van der Waals surface area contributed by atoms with E-state index in [-0.39, 0.29) is 12.1 Å². The molecule has 2 aromatic rings. The van der Waals surface area contributed by atoms with Gasteiger partial charge in [0, 0.05) is 16.3 Å². The van der Waals surface area contributed by atoms with E-state index in [1.165, 1.54) is 4.70 Å². The van der Waals surface area contributed by atoms with Crippen molar-refractivity contribution in [2.45, 2.75) is 18.4 Å². The van der Waals surface area contributed by atoms with Crippen LogP contribution in [0.2, 0.25) is 0 Å². The number of aliphatic hydroxyl groups is 1. The Kier molecular flexibility index (Phi) is 1.94. The molecule has 1 fully saturated rings. The highest BCUT2D eigenvalue weighted by Crippen LogP contribution is 2.39. The molecule has 1 saturated carbocycles. The number of thiophene rings is 1. The van der Waals surface area contributed by atoms with Gasteiger partial charge in [0.05, 0.1) is 12.1 Å². The first kappa shape index (κ1) is 9.12. The minimum Gasteiger partial charge on any atom is -0.394 e. The molecule has 0 amide bonds. The van der Waals surface area contributed by atoms with E-state index >= 15 is 0 Å². The van der Waals surface area contributed by atoms with E-state index in [4.69, 9.17) is 0 Å². The zero-order chi connectivity index (χ0) is 10.3. The molecule has 1 aliphatic rings. The van der Waals surface area contributed by atoms with Crippen molar-refractivity contribution in [2.24, 2.45) is 0 Å². The lowest BCUT2D eigenvalue weighted by atomic mass is 10.2. The van der Waals surface area contributed by atoms with E-state index < -0.39 is 0 Å². The van der Waals surface area contributed by atoms with Crippen LogP contribution in [0.25, 0.3) is 10.1 Å². The molecule has 78 valence electrons. The summed E-state index contributed by atoms with van der Waals surface area (Å²) in [5.41, 5.74) is -0.0940. The van der Waals surface area contributed by atoms with Crippen LogP contribution >= 0.6 is 11.3 Å². The van der Waals surface area contributed by atoms with Gasteiger partial charge in [-0.3, -0.25) is 0 Å². The lowest BCUT2D eigenvalue weighted by Gasteiger charge is -2.15. The normalized spacial score (nSPS) is 17.9. The quantitative estimate of drug-likeness (QED) is 0.833. The summed E-state index contributed by atoms with van der Waals surface area (Å²) in [5.74, 6) is 0.903. The molecule has 2 heterocycles. The zero-order valence-corrected chi connectivity index (χ0v) is 9.05. The number of aromatic nitrogens is 1. The maximum Gasteiger partial charge on any atom is 0.135 e. The van der Waals surface area contributed by atoms with Crippen LogP contribution in [0.15, 0.2) is 23.7 Å².